The highest BCUT2D eigenvalue weighted by Crippen LogP contribution is 2.39. The van der Waals surface area contributed by atoms with Gasteiger partial charge in [0.1, 0.15) is 11.3 Å². The normalized spacial score (nSPS) is 20.2. The van der Waals surface area contributed by atoms with Crippen molar-refractivity contribution in [1.29, 1.82) is 0 Å². The van der Waals surface area contributed by atoms with Crippen molar-refractivity contribution in [2.24, 2.45) is 0 Å². The quantitative estimate of drug-likeness (QED) is 0.591. The lowest BCUT2D eigenvalue weighted by atomic mass is 9.96. The molecular weight excluding hydrogens is 406 g/mol. The van der Waals surface area contributed by atoms with Gasteiger partial charge in [-0.2, -0.15) is 0 Å². The summed E-state index contributed by atoms with van der Waals surface area (Å²) in [6.45, 7) is 7.49. The number of rotatable bonds is 5. The Labute approximate surface area is 186 Å². The number of carbonyl (C=O) groups excluding carboxylic acids is 1. The lowest BCUT2D eigenvalue weighted by Crippen LogP contribution is -2.36. The van der Waals surface area contributed by atoms with Crippen molar-refractivity contribution in [2.75, 3.05) is 19.8 Å². The number of hydrogen-bond donors (Lipinski definition) is 0. The van der Waals surface area contributed by atoms with E-state index in [4.69, 9.17) is 13.9 Å². The van der Waals surface area contributed by atoms with Gasteiger partial charge in [0.05, 0.1) is 29.7 Å². The summed E-state index contributed by atoms with van der Waals surface area (Å²) in [6.07, 6.45) is 1.84. The Balaban J connectivity index is 1.68. The van der Waals surface area contributed by atoms with Gasteiger partial charge >= 0.3 is 0 Å². The number of fused-ring (bicyclic) bond motifs is 2. The zero-order valence-corrected chi connectivity index (χ0v) is 18.6. The van der Waals surface area contributed by atoms with E-state index in [-0.39, 0.29) is 23.2 Å². The second kappa shape index (κ2) is 8.10. The fraction of sp³-hybridized carbons (Fsp3) is 0.385. The van der Waals surface area contributed by atoms with Gasteiger partial charge in [0, 0.05) is 13.2 Å². The molecule has 1 aromatic heterocycles. The molecule has 0 N–H and O–H groups in total. The Morgan fingerprint density at radius 2 is 1.91 bits per heavy atom. The SMILES string of the molecule is CCOc1ccc([C@H]2c3c(oc4cc(C)cc(C)c4c3=O)C(=O)N2C[C@H]2CCCO2)cc1. The van der Waals surface area contributed by atoms with Crippen molar-refractivity contribution >= 4 is 16.9 Å². The summed E-state index contributed by atoms with van der Waals surface area (Å²) in [7, 11) is 0. The molecule has 6 nitrogen and oxygen atoms in total. The lowest BCUT2D eigenvalue weighted by Gasteiger charge is -2.27. The van der Waals surface area contributed by atoms with E-state index in [2.05, 4.69) is 0 Å². The third kappa shape index (κ3) is 3.39. The summed E-state index contributed by atoms with van der Waals surface area (Å²) in [5.41, 5.74) is 3.44. The molecule has 0 saturated carbocycles. The largest absolute Gasteiger partial charge is 0.494 e. The van der Waals surface area contributed by atoms with E-state index in [1.165, 1.54) is 0 Å². The van der Waals surface area contributed by atoms with Crippen LogP contribution in [0.2, 0.25) is 0 Å². The standard InChI is InChI=1S/C26H27NO5/c1-4-30-18-9-7-17(8-10-18)23-22-24(28)21-16(3)12-15(2)13-20(21)32-25(22)26(29)27(23)14-19-6-5-11-31-19/h7-10,12-13,19,23H,4-6,11,14H2,1-3H3/t19-,23+/m1/s1. The first-order valence-corrected chi connectivity index (χ1v) is 11.2. The molecule has 2 atom stereocenters. The van der Waals surface area contributed by atoms with Gasteiger partial charge in [0.25, 0.3) is 5.91 Å². The average molecular weight is 434 g/mol. The molecule has 2 aliphatic heterocycles. The first-order chi connectivity index (χ1) is 15.5. The van der Waals surface area contributed by atoms with Crippen LogP contribution in [-0.4, -0.2) is 36.7 Å². The van der Waals surface area contributed by atoms with E-state index in [1.807, 2.05) is 57.2 Å². The predicted octanol–water partition coefficient (Wildman–Crippen LogP) is 4.53. The van der Waals surface area contributed by atoms with Crippen LogP contribution < -0.4 is 10.2 Å². The summed E-state index contributed by atoms with van der Waals surface area (Å²) in [4.78, 5) is 29.0. The molecule has 3 heterocycles. The molecule has 0 radical (unpaired) electrons. The highest BCUT2D eigenvalue weighted by atomic mass is 16.5. The van der Waals surface area contributed by atoms with Gasteiger partial charge in [-0.05, 0) is 68.5 Å². The van der Waals surface area contributed by atoms with Crippen LogP contribution in [0.1, 0.15) is 58.6 Å². The van der Waals surface area contributed by atoms with Crippen LogP contribution in [0.25, 0.3) is 11.0 Å². The maximum atomic E-state index is 13.7. The first kappa shape index (κ1) is 20.8. The second-order valence-electron chi connectivity index (χ2n) is 8.63. The van der Waals surface area contributed by atoms with Gasteiger partial charge in [-0.1, -0.05) is 18.2 Å². The topological polar surface area (TPSA) is 69.0 Å². The van der Waals surface area contributed by atoms with E-state index in [0.29, 0.717) is 36.3 Å². The molecule has 5 rings (SSSR count). The molecule has 2 aromatic carbocycles. The summed E-state index contributed by atoms with van der Waals surface area (Å²) >= 11 is 0. The monoisotopic (exact) mass is 433 g/mol. The Morgan fingerprint density at radius 3 is 2.59 bits per heavy atom. The molecule has 166 valence electrons. The Morgan fingerprint density at radius 1 is 1.12 bits per heavy atom. The number of hydrogen-bond acceptors (Lipinski definition) is 5. The van der Waals surface area contributed by atoms with Crippen LogP contribution in [0.5, 0.6) is 5.75 Å². The molecule has 32 heavy (non-hydrogen) atoms. The third-order valence-corrected chi connectivity index (χ3v) is 6.34. The molecule has 0 unspecified atom stereocenters. The minimum absolute atomic E-state index is 0.0352. The molecule has 1 saturated heterocycles. The third-order valence-electron chi connectivity index (χ3n) is 6.34. The van der Waals surface area contributed by atoms with Crippen LogP contribution >= 0.6 is 0 Å². The summed E-state index contributed by atoms with van der Waals surface area (Å²) in [5.74, 6) is 0.639. The van der Waals surface area contributed by atoms with Crippen molar-refractivity contribution in [1.82, 2.24) is 4.90 Å². The average Bonchev–Trinajstić information content (AvgIpc) is 3.36. The van der Waals surface area contributed by atoms with Crippen molar-refractivity contribution in [2.45, 2.75) is 45.8 Å². The second-order valence-corrected chi connectivity index (χ2v) is 8.63. The molecule has 6 heteroatoms. The van der Waals surface area contributed by atoms with E-state index >= 15 is 0 Å². The zero-order chi connectivity index (χ0) is 22.4. The molecule has 3 aromatic rings. The van der Waals surface area contributed by atoms with Crippen LogP contribution in [0.15, 0.2) is 45.6 Å². The maximum Gasteiger partial charge on any atom is 0.291 e. The first-order valence-electron chi connectivity index (χ1n) is 11.2. The van der Waals surface area contributed by atoms with Crippen LogP contribution in [0.3, 0.4) is 0 Å². The molecule has 0 spiro atoms. The van der Waals surface area contributed by atoms with Gasteiger partial charge in [-0.25, -0.2) is 0 Å². The maximum absolute atomic E-state index is 13.7. The number of benzene rings is 2. The zero-order valence-electron chi connectivity index (χ0n) is 18.6. The predicted molar refractivity (Wildman–Crippen MR) is 121 cm³/mol. The number of nitrogens with zero attached hydrogens (tertiary/aromatic N) is 1. The summed E-state index contributed by atoms with van der Waals surface area (Å²) < 4.78 is 17.5. The molecule has 0 aliphatic carbocycles. The highest BCUT2D eigenvalue weighted by molar-refractivity contribution is 5.99. The fourth-order valence-electron chi connectivity index (χ4n) is 4.97. The molecule has 0 bridgehead atoms. The minimum atomic E-state index is -0.515. The van der Waals surface area contributed by atoms with Gasteiger partial charge < -0.3 is 18.8 Å². The van der Waals surface area contributed by atoms with Gasteiger partial charge in [-0.3, -0.25) is 9.59 Å². The number of ether oxygens (including phenoxy) is 2. The molecule has 1 fully saturated rings. The van der Waals surface area contributed by atoms with E-state index in [0.717, 1.165) is 35.3 Å². The van der Waals surface area contributed by atoms with Gasteiger partial charge in [0.15, 0.2) is 5.43 Å². The minimum Gasteiger partial charge on any atom is -0.494 e. The lowest BCUT2D eigenvalue weighted by molar-refractivity contribution is 0.0486. The van der Waals surface area contributed by atoms with Crippen LogP contribution in [0.4, 0.5) is 0 Å². The van der Waals surface area contributed by atoms with E-state index in [9.17, 15) is 9.59 Å². The fourth-order valence-corrected chi connectivity index (χ4v) is 4.97. The Hall–Kier alpha value is -3.12. The van der Waals surface area contributed by atoms with Gasteiger partial charge in [-0.15, -0.1) is 0 Å². The van der Waals surface area contributed by atoms with Crippen molar-refractivity contribution in [3.05, 3.63) is 74.6 Å². The number of aryl methyl sites for hydroxylation is 2. The highest BCUT2D eigenvalue weighted by Gasteiger charge is 2.44. The van der Waals surface area contributed by atoms with Gasteiger partial charge in [0.2, 0.25) is 5.76 Å². The molecule has 2 aliphatic rings. The molecular formula is C26H27NO5. The van der Waals surface area contributed by atoms with Crippen molar-refractivity contribution in [3.8, 4) is 5.75 Å². The van der Waals surface area contributed by atoms with Crippen molar-refractivity contribution in [3.63, 3.8) is 0 Å². The van der Waals surface area contributed by atoms with E-state index < -0.39 is 6.04 Å². The van der Waals surface area contributed by atoms with Crippen LogP contribution in [-0.2, 0) is 4.74 Å². The number of carbonyl (C=O) groups is 1. The van der Waals surface area contributed by atoms with Crippen LogP contribution in [0, 0.1) is 13.8 Å². The Kier molecular flexibility index (Phi) is 5.25. The number of amides is 1. The smallest absolute Gasteiger partial charge is 0.291 e. The summed E-state index contributed by atoms with van der Waals surface area (Å²) in [6, 6.07) is 10.9. The summed E-state index contributed by atoms with van der Waals surface area (Å²) in [5, 5.41) is 0.539. The van der Waals surface area contributed by atoms with E-state index in [1.54, 1.807) is 4.90 Å². The molecule has 1 amide bonds. The Bertz CT molecular complexity index is 1240. The van der Waals surface area contributed by atoms with Crippen molar-refractivity contribution < 1.29 is 18.7 Å².